The lowest BCUT2D eigenvalue weighted by molar-refractivity contribution is -0.141. The molecule has 0 unspecified atom stereocenters. The Morgan fingerprint density at radius 1 is 0.862 bits per heavy atom. The standard InChI is InChI=1S/C24H21NO3S/c26-15-21(29-16-17-6-2-1-3-7-17)24(25-22(27)12-13-23(25)28)20-11-10-18-8-4-5-9-19(18)14-20/h1-11,14-15,21,24H,12-13,16H2/t21-,24-/m1/s1. The van der Waals surface area contributed by atoms with Crippen LogP contribution in [0, 0.1) is 0 Å². The molecule has 146 valence electrons. The Bertz CT molecular complexity index is 1030. The van der Waals surface area contributed by atoms with Crippen molar-refractivity contribution in [1.29, 1.82) is 0 Å². The Balaban J connectivity index is 1.71. The lowest BCUT2D eigenvalue weighted by atomic mass is 9.98. The molecule has 1 aliphatic heterocycles. The van der Waals surface area contributed by atoms with Crippen molar-refractivity contribution < 1.29 is 14.4 Å². The largest absolute Gasteiger partial charge is 0.302 e. The van der Waals surface area contributed by atoms with Gasteiger partial charge in [-0.15, -0.1) is 11.8 Å². The molecule has 1 saturated heterocycles. The first kappa shape index (κ1) is 19.4. The van der Waals surface area contributed by atoms with Crippen LogP contribution in [0.3, 0.4) is 0 Å². The smallest absolute Gasteiger partial charge is 0.230 e. The number of thioether (sulfide) groups is 1. The van der Waals surface area contributed by atoms with Crippen molar-refractivity contribution in [3.63, 3.8) is 0 Å². The molecule has 2 atom stereocenters. The first-order valence-electron chi connectivity index (χ1n) is 9.62. The molecule has 0 saturated carbocycles. The second-order valence-corrected chi connectivity index (χ2v) is 8.27. The van der Waals surface area contributed by atoms with E-state index < -0.39 is 11.3 Å². The van der Waals surface area contributed by atoms with Gasteiger partial charge in [0.1, 0.15) is 6.29 Å². The van der Waals surface area contributed by atoms with Crippen molar-refractivity contribution in [2.75, 3.05) is 0 Å². The first-order valence-corrected chi connectivity index (χ1v) is 10.7. The van der Waals surface area contributed by atoms with Crippen molar-refractivity contribution in [1.82, 2.24) is 4.90 Å². The van der Waals surface area contributed by atoms with Gasteiger partial charge >= 0.3 is 0 Å². The number of aldehydes is 1. The molecule has 0 aliphatic carbocycles. The highest BCUT2D eigenvalue weighted by Crippen LogP contribution is 2.37. The average Bonchev–Trinajstić information content (AvgIpc) is 3.09. The zero-order chi connectivity index (χ0) is 20.2. The van der Waals surface area contributed by atoms with Crippen LogP contribution in [0.1, 0.15) is 30.0 Å². The average molecular weight is 404 g/mol. The molecular weight excluding hydrogens is 382 g/mol. The topological polar surface area (TPSA) is 54.5 Å². The van der Waals surface area contributed by atoms with Gasteiger partial charge in [-0.25, -0.2) is 0 Å². The monoisotopic (exact) mass is 403 g/mol. The summed E-state index contributed by atoms with van der Waals surface area (Å²) in [6.07, 6.45) is 1.28. The van der Waals surface area contributed by atoms with E-state index in [1.807, 2.05) is 72.8 Å². The molecule has 0 spiro atoms. The molecule has 29 heavy (non-hydrogen) atoms. The highest BCUT2D eigenvalue weighted by molar-refractivity contribution is 7.99. The number of fused-ring (bicyclic) bond motifs is 1. The van der Waals surface area contributed by atoms with Crippen LogP contribution in [0.25, 0.3) is 10.8 Å². The molecule has 4 nitrogen and oxygen atoms in total. The molecule has 2 amide bonds. The third kappa shape index (κ3) is 4.10. The van der Waals surface area contributed by atoms with Gasteiger partial charge in [0.15, 0.2) is 0 Å². The van der Waals surface area contributed by atoms with Crippen LogP contribution < -0.4 is 0 Å². The SMILES string of the molecule is O=C[C@@H](SCc1ccccc1)[C@@H](c1ccc2ccccc2c1)N1C(=O)CCC1=O. The molecule has 0 radical (unpaired) electrons. The molecule has 1 fully saturated rings. The summed E-state index contributed by atoms with van der Waals surface area (Å²) in [5, 5.41) is 1.56. The van der Waals surface area contributed by atoms with Gasteiger partial charge in [0, 0.05) is 18.6 Å². The number of carbonyl (C=O) groups is 3. The number of imide groups is 1. The molecule has 3 aromatic carbocycles. The Morgan fingerprint density at radius 3 is 2.21 bits per heavy atom. The maximum atomic E-state index is 12.5. The van der Waals surface area contributed by atoms with Crippen LogP contribution in [0.15, 0.2) is 72.8 Å². The van der Waals surface area contributed by atoms with Gasteiger partial charge in [-0.1, -0.05) is 66.7 Å². The van der Waals surface area contributed by atoms with E-state index in [-0.39, 0.29) is 24.7 Å². The highest BCUT2D eigenvalue weighted by atomic mass is 32.2. The summed E-state index contributed by atoms with van der Waals surface area (Å²) >= 11 is 1.46. The molecule has 5 heteroatoms. The van der Waals surface area contributed by atoms with Crippen LogP contribution in [0.4, 0.5) is 0 Å². The number of benzene rings is 3. The van der Waals surface area contributed by atoms with E-state index in [2.05, 4.69) is 0 Å². The Morgan fingerprint density at radius 2 is 1.52 bits per heavy atom. The van der Waals surface area contributed by atoms with Gasteiger partial charge in [0.2, 0.25) is 11.8 Å². The minimum absolute atomic E-state index is 0.206. The van der Waals surface area contributed by atoms with E-state index in [1.54, 1.807) is 0 Å². The van der Waals surface area contributed by atoms with E-state index >= 15 is 0 Å². The van der Waals surface area contributed by atoms with Crippen molar-refractivity contribution in [2.24, 2.45) is 0 Å². The number of likely N-dealkylation sites (tertiary alicyclic amines) is 1. The number of carbonyl (C=O) groups excluding carboxylic acids is 3. The second kappa shape index (κ2) is 8.62. The quantitative estimate of drug-likeness (QED) is 0.430. The summed E-state index contributed by atoms with van der Waals surface area (Å²) < 4.78 is 0. The van der Waals surface area contributed by atoms with E-state index in [4.69, 9.17) is 0 Å². The van der Waals surface area contributed by atoms with E-state index in [9.17, 15) is 14.4 Å². The Hall–Kier alpha value is -2.92. The van der Waals surface area contributed by atoms with Crippen LogP contribution in [-0.2, 0) is 20.1 Å². The van der Waals surface area contributed by atoms with Gasteiger partial charge < -0.3 is 4.79 Å². The fourth-order valence-corrected chi connectivity index (χ4v) is 4.87. The van der Waals surface area contributed by atoms with Crippen molar-refractivity contribution in [3.05, 3.63) is 83.9 Å². The minimum Gasteiger partial charge on any atom is -0.302 e. The summed E-state index contributed by atoms with van der Waals surface area (Å²) in [6.45, 7) is 0. The van der Waals surface area contributed by atoms with Gasteiger partial charge in [-0.2, -0.15) is 0 Å². The molecule has 3 aromatic rings. The third-order valence-electron chi connectivity index (χ3n) is 5.21. The maximum Gasteiger partial charge on any atom is 0.230 e. The predicted octanol–water partition coefficient (Wildman–Crippen LogP) is 4.53. The summed E-state index contributed by atoms with van der Waals surface area (Å²) in [5.41, 5.74) is 1.91. The van der Waals surface area contributed by atoms with E-state index in [1.165, 1.54) is 16.7 Å². The van der Waals surface area contributed by atoms with Gasteiger partial charge in [0.25, 0.3) is 0 Å². The fraction of sp³-hybridized carbons (Fsp3) is 0.208. The van der Waals surface area contributed by atoms with E-state index in [0.29, 0.717) is 5.75 Å². The molecule has 1 aliphatic rings. The number of amides is 2. The number of hydrogen-bond acceptors (Lipinski definition) is 4. The van der Waals surface area contributed by atoms with Crippen molar-refractivity contribution >= 4 is 40.6 Å². The van der Waals surface area contributed by atoms with Crippen LogP contribution >= 0.6 is 11.8 Å². The molecule has 4 rings (SSSR count). The molecule has 0 bridgehead atoms. The lowest BCUT2D eigenvalue weighted by Crippen LogP contribution is -2.39. The third-order valence-corrected chi connectivity index (χ3v) is 6.47. The summed E-state index contributed by atoms with van der Waals surface area (Å²) in [4.78, 5) is 38.5. The number of hydrogen-bond donors (Lipinski definition) is 0. The van der Waals surface area contributed by atoms with Crippen LogP contribution in [0.5, 0.6) is 0 Å². The predicted molar refractivity (Wildman–Crippen MR) is 115 cm³/mol. The van der Waals surface area contributed by atoms with Gasteiger partial charge in [-0.3, -0.25) is 14.5 Å². The van der Waals surface area contributed by atoms with Crippen LogP contribution in [0.2, 0.25) is 0 Å². The molecule has 0 N–H and O–H groups in total. The van der Waals surface area contributed by atoms with Crippen molar-refractivity contribution in [2.45, 2.75) is 29.9 Å². The van der Waals surface area contributed by atoms with E-state index in [0.717, 1.165) is 28.2 Å². The maximum absolute atomic E-state index is 12.5. The molecule has 1 heterocycles. The second-order valence-electron chi connectivity index (χ2n) is 7.11. The normalized spacial score (nSPS) is 16.2. The zero-order valence-corrected chi connectivity index (χ0v) is 16.7. The summed E-state index contributed by atoms with van der Waals surface area (Å²) in [6, 6.07) is 23.1. The summed E-state index contributed by atoms with van der Waals surface area (Å²) in [7, 11) is 0. The van der Waals surface area contributed by atoms with Crippen LogP contribution in [-0.4, -0.2) is 28.3 Å². The lowest BCUT2D eigenvalue weighted by Gasteiger charge is -2.31. The number of nitrogens with zero attached hydrogens (tertiary/aromatic N) is 1. The fourth-order valence-electron chi connectivity index (χ4n) is 3.75. The first-order chi connectivity index (χ1) is 14.2. The molecular formula is C24H21NO3S. The van der Waals surface area contributed by atoms with Gasteiger partial charge in [-0.05, 0) is 28.0 Å². The highest BCUT2D eigenvalue weighted by Gasteiger charge is 2.40. The van der Waals surface area contributed by atoms with Gasteiger partial charge in [0.05, 0.1) is 11.3 Å². The minimum atomic E-state index is -0.603. The summed E-state index contributed by atoms with van der Waals surface area (Å²) in [5.74, 6) is 0.213. The zero-order valence-electron chi connectivity index (χ0n) is 15.9. The van der Waals surface area contributed by atoms with Crippen molar-refractivity contribution in [3.8, 4) is 0 Å². The Kier molecular flexibility index (Phi) is 5.76. The molecule has 0 aromatic heterocycles. The number of rotatable bonds is 7. The Labute approximate surface area is 173 Å².